The Hall–Kier alpha value is -4.24. The molecule has 0 atom stereocenters. The number of anilines is 1. The van der Waals surface area contributed by atoms with Gasteiger partial charge in [0.15, 0.2) is 0 Å². The van der Waals surface area contributed by atoms with Crippen LogP contribution in [-0.2, 0) is 31.0 Å². The number of amides is 1. The molecule has 0 spiro atoms. The summed E-state index contributed by atoms with van der Waals surface area (Å²) in [5.41, 5.74) is 5.47. The van der Waals surface area contributed by atoms with Gasteiger partial charge in [0.05, 0.1) is 38.5 Å². The fraction of sp³-hybridized carbons (Fsp3) is 0.310. The van der Waals surface area contributed by atoms with Gasteiger partial charge in [-0.15, -0.1) is 0 Å². The lowest BCUT2D eigenvalue weighted by molar-refractivity contribution is 0.0950. The lowest BCUT2D eigenvalue weighted by Gasteiger charge is -2.15. The summed E-state index contributed by atoms with van der Waals surface area (Å²) in [5.74, 6) is 3.37. The zero-order chi connectivity index (χ0) is 26.1. The third-order valence-electron chi connectivity index (χ3n) is 7.03. The normalized spacial score (nSPS) is 14.3. The first kappa shape index (κ1) is 24.1. The van der Waals surface area contributed by atoms with Crippen LogP contribution in [0.25, 0.3) is 10.9 Å². The van der Waals surface area contributed by atoms with E-state index in [9.17, 15) is 4.79 Å². The third kappa shape index (κ3) is 4.84. The Morgan fingerprint density at radius 3 is 2.58 bits per heavy atom. The van der Waals surface area contributed by atoms with E-state index < -0.39 is 0 Å². The minimum absolute atomic E-state index is 0.196. The highest BCUT2D eigenvalue weighted by molar-refractivity contribution is 5.93. The summed E-state index contributed by atoms with van der Waals surface area (Å²) in [7, 11) is 3.28. The topological polar surface area (TPSA) is 107 Å². The smallest absolute Gasteiger partial charge is 0.254 e. The molecule has 3 heterocycles. The fourth-order valence-electron chi connectivity index (χ4n) is 4.72. The monoisotopic (exact) mass is 511 g/mol. The summed E-state index contributed by atoms with van der Waals surface area (Å²) in [6.45, 7) is 1.97. The molecule has 194 valence electrons. The number of aromatic nitrogens is 3. The third-order valence-corrected chi connectivity index (χ3v) is 7.03. The van der Waals surface area contributed by atoms with Crippen molar-refractivity contribution in [2.24, 2.45) is 0 Å². The van der Waals surface area contributed by atoms with Gasteiger partial charge in [0.1, 0.15) is 23.1 Å². The molecule has 38 heavy (non-hydrogen) atoms. The molecular formula is C29H29N5O4. The summed E-state index contributed by atoms with van der Waals surface area (Å²) in [5, 5.41) is 7.51. The van der Waals surface area contributed by atoms with E-state index >= 15 is 0 Å². The molecule has 1 saturated carbocycles. The van der Waals surface area contributed by atoms with E-state index in [0.29, 0.717) is 37.8 Å². The van der Waals surface area contributed by atoms with Crippen molar-refractivity contribution in [3.8, 4) is 11.5 Å². The first-order chi connectivity index (χ1) is 18.6. The molecule has 1 amide bonds. The van der Waals surface area contributed by atoms with Crippen molar-refractivity contribution in [1.82, 2.24) is 20.3 Å². The van der Waals surface area contributed by atoms with Gasteiger partial charge >= 0.3 is 0 Å². The quantitative estimate of drug-likeness (QED) is 0.338. The number of nitrogens with zero attached hydrogens (tertiary/aromatic N) is 3. The molecule has 1 aliphatic heterocycles. The van der Waals surface area contributed by atoms with Gasteiger partial charge in [-0.3, -0.25) is 4.79 Å². The van der Waals surface area contributed by atoms with Gasteiger partial charge in [-0.25, -0.2) is 15.0 Å². The molecule has 9 heteroatoms. The number of ether oxygens (including phenoxy) is 3. The van der Waals surface area contributed by atoms with E-state index in [1.807, 2.05) is 30.3 Å². The molecule has 6 rings (SSSR count). The Kier molecular flexibility index (Phi) is 6.51. The molecule has 2 aromatic carbocycles. The number of pyridine rings is 1. The van der Waals surface area contributed by atoms with Crippen LogP contribution in [0.15, 0.2) is 48.8 Å². The number of carbonyl (C=O) groups is 1. The van der Waals surface area contributed by atoms with Gasteiger partial charge in [-0.05, 0) is 42.2 Å². The molecule has 0 saturated heterocycles. The molecule has 0 bridgehead atoms. The molecule has 0 unspecified atom stereocenters. The number of benzene rings is 2. The van der Waals surface area contributed by atoms with Gasteiger partial charge in [-0.2, -0.15) is 0 Å². The van der Waals surface area contributed by atoms with Crippen LogP contribution in [-0.4, -0.2) is 35.1 Å². The van der Waals surface area contributed by atoms with Crippen molar-refractivity contribution in [1.29, 1.82) is 0 Å². The Morgan fingerprint density at radius 2 is 1.82 bits per heavy atom. The summed E-state index contributed by atoms with van der Waals surface area (Å²) < 4.78 is 16.6. The van der Waals surface area contributed by atoms with Crippen LogP contribution in [0, 0.1) is 0 Å². The maximum absolute atomic E-state index is 12.6. The van der Waals surface area contributed by atoms with Crippen molar-refractivity contribution < 1.29 is 19.0 Å². The van der Waals surface area contributed by atoms with Crippen molar-refractivity contribution in [3.05, 3.63) is 82.4 Å². The summed E-state index contributed by atoms with van der Waals surface area (Å²) >= 11 is 0. The number of hydrogen-bond acceptors (Lipinski definition) is 8. The maximum atomic E-state index is 12.6. The summed E-state index contributed by atoms with van der Waals surface area (Å²) in [6, 6.07) is 11.8. The lowest BCUT2D eigenvalue weighted by Crippen LogP contribution is -2.23. The number of carbonyl (C=O) groups excluding carboxylic acids is 1. The average Bonchev–Trinajstić information content (AvgIpc) is 3.70. The highest BCUT2D eigenvalue weighted by atomic mass is 16.5. The van der Waals surface area contributed by atoms with E-state index in [1.165, 1.54) is 0 Å². The first-order valence-electron chi connectivity index (χ1n) is 12.7. The van der Waals surface area contributed by atoms with Crippen LogP contribution >= 0.6 is 0 Å². The lowest BCUT2D eigenvalue weighted by atomic mass is 10.0. The second-order valence-corrected chi connectivity index (χ2v) is 9.58. The number of methoxy groups -OCH3 is 2. The average molecular weight is 512 g/mol. The molecule has 0 radical (unpaired) electrons. The number of nitrogens with one attached hydrogen (secondary N) is 2. The van der Waals surface area contributed by atoms with E-state index in [-0.39, 0.29) is 5.91 Å². The van der Waals surface area contributed by atoms with Crippen molar-refractivity contribution in [2.45, 2.75) is 45.1 Å². The second-order valence-electron chi connectivity index (χ2n) is 9.58. The molecule has 9 nitrogen and oxygen atoms in total. The minimum Gasteiger partial charge on any atom is -0.497 e. The van der Waals surface area contributed by atoms with Gasteiger partial charge < -0.3 is 24.8 Å². The summed E-state index contributed by atoms with van der Waals surface area (Å²) in [4.78, 5) is 26.3. The molecular weight excluding hydrogens is 482 g/mol. The van der Waals surface area contributed by atoms with Crippen LogP contribution < -0.4 is 20.1 Å². The van der Waals surface area contributed by atoms with Crippen molar-refractivity contribution in [2.75, 3.05) is 19.5 Å². The number of fused-ring (bicyclic) bond motifs is 3. The highest BCUT2D eigenvalue weighted by Gasteiger charge is 2.26. The first-order valence-corrected chi connectivity index (χ1v) is 12.7. The summed E-state index contributed by atoms with van der Waals surface area (Å²) in [6.07, 6.45) is 5.47. The molecule has 2 aromatic heterocycles. The molecule has 1 fully saturated rings. The zero-order valence-corrected chi connectivity index (χ0v) is 21.4. The van der Waals surface area contributed by atoms with Gasteiger partial charge in [-0.1, -0.05) is 12.1 Å². The van der Waals surface area contributed by atoms with E-state index in [0.717, 1.165) is 69.1 Å². The van der Waals surface area contributed by atoms with Crippen LogP contribution in [0.3, 0.4) is 0 Å². The number of rotatable bonds is 9. The standard InChI is InChI=1S/C29H29N5O4/c1-36-21-7-6-19(26(10-21)37-2)12-32-28-24-16-38-15-23(24)22-8-3-17(9-25(22)34-28)11-33-29(35)20-13-30-27(31-14-20)18-4-5-18/h3,6-10,13-14,18H,4-5,11-12,15-16H2,1-2H3,(H,32,34)(H,33,35). The van der Waals surface area contributed by atoms with Crippen LogP contribution in [0.1, 0.15) is 57.2 Å². The molecule has 1 aliphatic carbocycles. The Bertz CT molecular complexity index is 1500. The van der Waals surface area contributed by atoms with Crippen molar-refractivity contribution in [3.63, 3.8) is 0 Å². The van der Waals surface area contributed by atoms with E-state index in [2.05, 4.69) is 26.7 Å². The van der Waals surface area contributed by atoms with E-state index in [1.54, 1.807) is 26.6 Å². The van der Waals surface area contributed by atoms with Crippen molar-refractivity contribution >= 4 is 22.6 Å². The maximum Gasteiger partial charge on any atom is 0.254 e. The predicted octanol–water partition coefficient (Wildman–Crippen LogP) is 4.49. The SMILES string of the molecule is COc1ccc(CNc2nc3cc(CNC(=O)c4cnc(C5CC5)nc4)ccc3c3c2COC3)c(OC)c1. The number of hydrogen-bond donors (Lipinski definition) is 2. The van der Waals surface area contributed by atoms with Crippen LogP contribution in [0.4, 0.5) is 5.82 Å². The minimum atomic E-state index is -0.196. The predicted molar refractivity (Wildman–Crippen MR) is 142 cm³/mol. The van der Waals surface area contributed by atoms with Gasteiger partial charge in [0.25, 0.3) is 5.91 Å². The molecule has 4 aromatic rings. The van der Waals surface area contributed by atoms with Crippen LogP contribution in [0.5, 0.6) is 11.5 Å². The zero-order valence-electron chi connectivity index (χ0n) is 21.4. The Labute approximate surface area is 220 Å². The van der Waals surface area contributed by atoms with E-state index in [4.69, 9.17) is 19.2 Å². The van der Waals surface area contributed by atoms with Gasteiger partial charge in [0, 0.05) is 54.0 Å². The Morgan fingerprint density at radius 1 is 1.00 bits per heavy atom. The molecule has 2 N–H and O–H groups in total. The fourth-order valence-corrected chi connectivity index (χ4v) is 4.72. The van der Waals surface area contributed by atoms with Crippen LogP contribution in [0.2, 0.25) is 0 Å². The second kappa shape index (κ2) is 10.3. The van der Waals surface area contributed by atoms with Gasteiger partial charge in [0.2, 0.25) is 0 Å². The largest absolute Gasteiger partial charge is 0.497 e. The molecule has 2 aliphatic rings. The highest BCUT2D eigenvalue weighted by Crippen LogP contribution is 2.37. The Balaban J connectivity index is 1.20.